The molecule has 0 aliphatic rings. The zero-order chi connectivity index (χ0) is 19.0. The molecule has 0 N–H and O–H groups in total. The highest BCUT2D eigenvalue weighted by Crippen LogP contribution is 2.39. The number of thiophene rings is 1. The van der Waals surface area contributed by atoms with Crippen LogP contribution < -0.4 is 4.74 Å². The largest absolute Gasteiger partial charge is 0.438 e. The number of rotatable bonds is 4. The first-order valence-electron chi connectivity index (χ1n) is 8.21. The van der Waals surface area contributed by atoms with E-state index in [-0.39, 0.29) is 4.90 Å². The Morgan fingerprint density at radius 3 is 2.33 bits per heavy atom. The summed E-state index contributed by atoms with van der Waals surface area (Å²) in [6.07, 6.45) is 1.18. The average molecular weight is 396 g/mol. The Kier molecular flexibility index (Phi) is 4.41. The SMILES string of the molecule is Cc1nc(Oc2ccc(S(C)(=O)=O)cc2)c2c(-c3ccccc3)csc2n1. The van der Waals surface area contributed by atoms with Gasteiger partial charge in [-0.1, -0.05) is 30.3 Å². The van der Waals surface area contributed by atoms with Crippen LogP contribution in [0, 0.1) is 6.92 Å². The second kappa shape index (κ2) is 6.75. The van der Waals surface area contributed by atoms with Gasteiger partial charge in [-0.3, -0.25) is 0 Å². The van der Waals surface area contributed by atoms with E-state index < -0.39 is 9.84 Å². The lowest BCUT2D eigenvalue weighted by Gasteiger charge is -2.09. The van der Waals surface area contributed by atoms with E-state index in [1.165, 1.54) is 18.4 Å². The molecule has 0 atom stereocenters. The normalized spacial score (nSPS) is 11.6. The summed E-state index contributed by atoms with van der Waals surface area (Å²) in [5.74, 6) is 1.60. The lowest BCUT2D eigenvalue weighted by Crippen LogP contribution is -1.97. The average Bonchev–Trinajstić information content (AvgIpc) is 3.06. The van der Waals surface area contributed by atoms with Gasteiger partial charge >= 0.3 is 0 Å². The summed E-state index contributed by atoms with van der Waals surface area (Å²) in [5.41, 5.74) is 2.08. The number of nitrogens with zero attached hydrogens (tertiary/aromatic N) is 2. The van der Waals surface area contributed by atoms with Crippen LogP contribution in [-0.4, -0.2) is 24.6 Å². The summed E-state index contributed by atoms with van der Waals surface area (Å²) in [4.78, 5) is 10.1. The summed E-state index contributed by atoms with van der Waals surface area (Å²) in [7, 11) is -3.25. The van der Waals surface area contributed by atoms with Crippen LogP contribution in [0.4, 0.5) is 0 Å². The van der Waals surface area contributed by atoms with Crippen molar-refractivity contribution in [1.82, 2.24) is 9.97 Å². The highest BCUT2D eigenvalue weighted by atomic mass is 32.2. The molecular formula is C20H16N2O3S2. The minimum atomic E-state index is -3.25. The van der Waals surface area contributed by atoms with Crippen LogP contribution in [0.3, 0.4) is 0 Å². The number of sulfone groups is 1. The molecule has 0 bridgehead atoms. The second-order valence-electron chi connectivity index (χ2n) is 6.12. The Morgan fingerprint density at radius 2 is 1.67 bits per heavy atom. The Bertz CT molecular complexity index is 1220. The van der Waals surface area contributed by atoms with Crippen molar-refractivity contribution >= 4 is 31.4 Å². The maximum absolute atomic E-state index is 11.6. The zero-order valence-corrected chi connectivity index (χ0v) is 16.3. The number of aryl methyl sites for hydroxylation is 1. The molecule has 136 valence electrons. The monoisotopic (exact) mass is 396 g/mol. The molecule has 4 aromatic rings. The van der Waals surface area contributed by atoms with Gasteiger partial charge in [0, 0.05) is 17.2 Å². The quantitative estimate of drug-likeness (QED) is 0.493. The van der Waals surface area contributed by atoms with Gasteiger partial charge in [-0.15, -0.1) is 11.3 Å². The lowest BCUT2D eigenvalue weighted by molar-refractivity contribution is 0.466. The molecule has 0 amide bonds. The molecule has 4 rings (SSSR count). The molecule has 7 heteroatoms. The summed E-state index contributed by atoms with van der Waals surface area (Å²) >= 11 is 1.54. The molecule has 0 spiro atoms. The predicted molar refractivity (Wildman–Crippen MR) is 107 cm³/mol. The van der Waals surface area contributed by atoms with Crippen molar-refractivity contribution in [2.45, 2.75) is 11.8 Å². The van der Waals surface area contributed by atoms with Crippen molar-refractivity contribution in [2.75, 3.05) is 6.26 Å². The Hall–Kier alpha value is -2.77. The van der Waals surface area contributed by atoms with E-state index in [4.69, 9.17) is 4.74 Å². The van der Waals surface area contributed by atoms with E-state index in [1.54, 1.807) is 23.5 Å². The Labute approximate surface area is 161 Å². The molecule has 0 fully saturated rings. The van der Waals surface area contributed by atoms with E-state index in [2.05, 4.69) is 9.97 Å². The molecule has 0 radical (unpaired) electrons. The molecule has 0 saturated carbocycles. The van der Waals surface area contributed by atoms with Crippen LogP contribution in [-0.2, 0) is 9.84 Å². The Morgan fingerprint density at radius 1 is 0.963 bits per heavy atom. The second-order valence-corrected chi connectivity index (χ2v) is 8.99. The molecular weight excluding hydrogens is 380 g/mol. The summed E-state index contributed by atoms with van der Waals surface area (Å²) in [6.45, 7) is 1.82. The van der Waals surface area contributed by atoms with E-state index in [0.29, 0.717) is 17.5 Å². The van der Waals surface area contributed by atoms with E-state index in [9.17, 15) is 8.42 Å². The molecule has 27 heavy (non-hydrogen) atoms. The van der Waals surface area contributed by atoms with E-state index in [1.807, 2.05) is 42.6 Å². The Balaban J connectivity index is 1.80. The maximum Gasteiger partial charge on any atom is 0.231 e. The third-order valence-corrected chi connectivity index (χ3v) is 6.06. The van der Waals surface area contributed by atoms with Crippen molar-refractivity contribution in [2.24, 2.45) is 0 Å². The molecule has 0 aliphatic carbocycles. The molecule has 2 heterocycles. The fourth-order valence-corrected chi connectivity index (χ4v) is 4.40. The van der Waals surface area contributed by atoms with Gasteiger partial charge in [0.15, 0.2) is 9.84 Å². The van der Waals surface area contributed by atoms with Gasteiger partial charge in [0.2, 0.25) is 5.88 Å². The molecule has 0 aliphatic heterocycles. The number of benzene rings is 2. The topological polar surface area (TPSA) is 69.2 Å². The van der Waals surface area contributed by atoms with Crippen LogP contribution in [0.2, 0.25) is 0 Å². The minimum Gasteiger partial charge on any atom is -0.438 e. The lowest BCUT2D eigenvalue weighted by atomic mass is 10.1. The first kappa shape index (κ1) is 17.6. The van der Waals surface area contributed by atoms with Gasteiger partial charge in [-0.05, 0) is 36.8 Å². The van der Waals surface area contributed by atoms with Gasteiger partial charge in [-0.25, -0.2) is 13.4 Å². The number of ether oxygens (including phenoxy) is 1. The van der Waals surface area contributed by atoms with E-state index in [0.717, 1.165) is 21.3 Å². The summed E-state index contributed by atoms with van der Waals surface area (Å²) in [6, 6.07) is 16.3. The van der Waals surface area contributed by atoms with Gasteiger partial charge < -0.3 is 4.74 Å². The van der Waals surface area contributed by atoms with Crippen LogP contribution in [0.15, 0.2) is 64.9 Å². The van der Waals surface area contributed by atoms with Crippen LogP contribution in [0.5, 0.6) is 11.6 Å². The smallest absolute Gasteiger partial charge is 0.231 e. The van der Waals surface area contributed by atoms with E-state index >= 15 is 0 Å². The zero-order valence-electron chi connectivity index (χ0n) is 14.7. The van der Waals surface area contributed by atoms with Crippen molar-refractivity contribution < 1.29 is 13.2 Å². The van der Waals surface area contributed by atoms with Crippen LogP contribution in [0.1, 0.15) is 5.82 Å². The first-order chi connectivity index (χ1) is 12.9. The van der Waals surface area contributed by atoms with Crippen molar-refractivity contribution in [1.29, 1.82) is 0 Å². The van der Waals surface area contributed by atoms with Gasteiger partial charge in [0.25, 0.3) is 0 Å². The summed E-state index contributed by atoms with van der Waals surface area (Å²) in [5, 5.41) is 2.90. The number of aromatic nitrogens is 2. The van der Waals surface area contributed by atoms with Crippen LogP contribution in [0.25, 0.3) is 21.3 Å². The summed E-state index contributed by atoms with van der Waals surface area (Å²) < 4.78 is 29.3. The molecule has 2 aromatic heterocycles. The first-order valence-corrected chi connectivity index (χ1v) is 11.0. The maximum atomic E-state index is 11.6. The molecule has 2 aromatic carbocycles. The third kappa shape index (κ3) is 3.56. The van der Waals surface area contributed by atoms with Gasteiger partial charge in [-0.2, -0.15) is 4.98 Å². The van der Waals surface area contributed by atoms with Crippen molar-refractivity contribution in [3.8, 4) is 22.8 Å². The number of hydrogen-bond acceptors (Lipinski definition) is 6. The fraction of sp³-hybridized carbons (Fsp3) is 0.100. The highest BCUT2D eigenvalue weighted by molar-refractivity contribution is 7.90. The number of fused-ring (bicyclic) bond motifs is 1. The van der Waals surface area contributed by atoms with Crippen LogP contribution >= 0.6 is 11.3 Å². The predicted octanol–water partition coefficient (Wildman–Crippen LogP) is 4.86. The number of hydrogen-bond donors (Lipinski definition) is 0. The standard InChI is InChI=1S/C20H16N2O3S2/c1-13-21-19(25-15-8-10-16(11-9-15)27(2,23)24)18-17(12-26-20(18)22-13)14-6-4-3-5-7-14/h3-12H,1-2H3. The van der Waals surface area contributed by atoms with Crippen molar-refractivity contribution in [3.63, 3.8) is 0 Å². The minimum absolute atomic E-state index is 0.249. The highest BCUT2D eigenvalue weighted by Gasteiger charge is 2.16. The molecule has 0 unspecified atom stereocenters. The molecule has 0 saturated heterocycles. The van der Waals surface area contributed by atoms with Gasteiger partial charge in [0.1, 0.15) is 16.4 Å². The fourth-order valence-electron chi connectivity index (χ4n) is 2.78. The van der Waals surface area contributed by atoms with Crippen molar-refractivity contribution in [3.05, 3.63) is 65.8 Å². The molecule has 5 nitrogen and oxygen atoms in total. The third-order valence-electron chi connectivity index (χ3n) is 4.06. The van der Waals surface area contributed by atoms with Gasteiger partial charge in [0.05, 0.1) is 10.3 Å².